The van der Waals surface area contributed by atoms with Crippen LogP contribution in [-0.2, 0) is 4.79 Å². The van der Waals surface area contributed by atoms with E-state index in [1.165, 1.54) is 0 Å². The summed E-state index contributed by atoms with van der Waals surface area (Å²) in [5, 5.41) is 13.2. The number of amides is 2. The third kappa shape index (κ3) is 4.77. The second-order valence-corrected chi connectivity index (χ2v) is 3.70. The molecule has 0 saturated carbocycles. The summed E-state index contributed by atoms with van der Waals surface area (Å²) in [5.41, 5.74) is 5.17. The van der Waals surface area contributed by atoms with Gasteiger partial charge >= 0.3 is 0 Å². The first-order valence-electron chi connectivity index (χ1n) is 5.77. The molecule has 0 fully saturated rings. The van der Waals surface area contributed by atoms with Crippen molar-refractivity contribution in [3.63, 3.8) is 0 Å². The summed E-state index contributed by atoms with van der Waals surface area (Å²) in [4.78, 5) is 22.1. The maximum atomic E-state index is 11.6. The Balaban J connectivity index is 2.46. The van der Waals surface area contributed by atoms with Gasteiger partial charge in [0.1, 0.15) is 5.82 Å². The Hall–Kier alpha value is -2.18. The van der Waals surface area contributed by atoms with Crippen LogP contribution in [0.2, 0.25) is 0 Å². The van der Waals surface area contributed by atoms with E-state index in [4.69, 9.17) is 5.73 Å². The van der Waals surface area contributed by atoms with Crippen LogP contribution < -0.4 is 16.4 Å². The second-order valence-electron chi connectivity index (χ2n) is 3.70. The number of rotatable bonds is 7. The van der Waals surface area contributed by atoms with Crippen molar-refractivity contribution in [2.45, 2.75) is 19.8 Å². The predicted octanol–water partition coefficient (Wildman–Crippen LogP) is -0.0963. The van der Waals surface area contributed by atoms with Crippen LogP contribution in [0, 0.1) is 0 Å². The average Bonchev–Trinajstić information content (AvgIpc) is 2.36. The number of carbonyl (C=O) groups excluding carboxylic acids is 2. The number of anilines is 1. The zero-order chi connectivity index (χ0) is 13.4. The van der Waals surface area contributed by atoms with E-state index in [1.807, 2.05) is 6.92 Å². The second kappa shape index (κ2) is 7.21. The summed E-state index contributed by atoms with van der Waals surface area (Å²) in [5.74, 6) is -0.197. The number of nitrogens with two attached hydrogens (primary N) is 1. The number of hydrogen-bond donors (Lipinski definition) is 3. The molecule has 0 spiro atoms. The first-order valence-corrected chi connectivity index (χ1v) is 5.77. The summed E-state index contributed by atoms with van der Waals surface area (Å²) in [6.45, 7) is 3.05. The Kier molecular flexibility index (Phi) is 5.56. The normalized spacial score (nSPS) is 9.83. The van der Waals surface area contributed by atoms with E-state index in [9.17, 15) is 9.59 Å². The smallest absolute Gasteiger partial charge is 0.271 e. The summed E-state index contributed by atoms with van der Waals surface area (Å²) < 4.78 is 0. The van der Waals surface area contributed by atoms with E-state index in [0.29, 0.717) is 5.82 Å². The van der Waals surface area contributed by atoms with E-state index in [2.05, 4.69) is 20.8 Å². The highest BCUT2D eigenvalue weighted by molar-refractivity contribution is 5.92. The molecule has 0 radical (unpaired) electrons. The lowest BCUT2D eigenvalue weighted by Crippen LogP contribution is -2.28. The first-order chi connectivity index (χ1) is 8.63. The van der Waals surface area contributed by atoms with Gasteiger partial charge in [-0.15, -0.1) is 10.2 Å². The molecule has 7 heteroatoms. The standard InChI is InChI=1S/C11H17N5O2/c1-2-6-13-10-4-3-8(15-16-10)11(18)14-7-5-9(12)17/h3-4H,2,5-7H2,1H3,(H2,12,17)(H,13,16)(H,14,18). The molecule has 0 unspecified atom stereocenters. The summed E-state index contributed by atoms with van der Waals surface area (Å²) in [6, 6.07) is 3.26. The largest absolute Gasteiger partial charge is 0.370 e. The quantitative estimate of drug-likeness (QED) is 0.627. The minimum Gasteiger partial charge on any atom is -0.370 e. The number of nitrogens with one attached hydrogen (secondary N) is 2. The monoisotopic (exact) mass is 251 g/mol. The highest BCUT2D eigenvalue weighted by Gasteiger charge is 2.07. The lowest BCUT2D eigenvalue weighted by molar-refractivity contribution is -0.117. The van der Waals surface area contributed by atoms with Gasteiger partial charge in [-0.1, -0.05) is 6.92 Å². The third-order valence-corrected chi connectivity index (χ3v) is 2.11. The number of aromatic nitrogens is 2. The fraction of sp³-hybridized carbons (Fsp3) is 0.455. The van der Waals surface area contributed by atoms with E-state index in [-0.39, 0.29) is 24.6 Å². The van der Waals surface area contributed by atoms with Crippen molar-refractivity contribution >= 4 is 17.6 Å². The Morgan fingerprint density at radius 3 is 2.61 bits per heavy atom. The average molecular weight is 251 g/mol. The van der Waals surface area contributed by atoms with Gasteiger partial charge in [0.25, 0.3) is 5.91 Å². The van der Waals surface area contributed by atoms with Crippen LogP contribution in [0.3, 0.4) is 0 Å². The van der Waals surface area contributed by atoms with E-state index in [0.717, 1.165) is 13.0 Å². The number of carbonyl (C=O) groups is 2. The Morgan fingerprint density at radius 1 is 1.28 bits per heavy atom. The molecule has 4 N–H and O–H groups in total. The molecule has 0 aliphatic carbocycles. The van der Waals surface area contributed by atoms with Crippen LogP contribution >= 0.6 is 0 Å². The molecule has 18 heavy (non-hydrogen) atoms. The fourth-order valence-electron chi connectivity index (χ4n) is 1.19. The molecule has 98 valence electrons. The highest BCUT2D eigenvalue weighted by atomic mass is 16.2. The van der Waals surface area contributed by atoms with Crippen molar-refractivity contribution in [2.24, 2.45) is 5.73 Å². The molecule has 7 nitrogen and oxygen atoms in total. The van der Waals surface area contributed by atoms with Crippen LogP contribution in [0.1, 0.15) is 30.3 Å². The van der Waals surface area contributed by atoms with Gasteiger partial charge in [-0.25, -0.2) is 0 Å². The minimum atomic E-state index is -0.458. The van der Waals surface area contributed by atoms with Gasteiger partial charge in [-0.3, -0.25) is 9.59 Å². The third-order valence-electron chi connectivity index (χ3n) is 2.11. The molecule has 0 aliphatic rings. The molecule has 0 bridgehead atoms. The summed E-state index contributed by atoms with van der Waals surface area (Å²) in [6.07, 6.45) is 1.09. The molecular formula is C11H17N5O2. The van der Waals surface area contributed by atoms with Crippen molar-refractivity contribution in [3.8, 4) is 0 Å². The van der Waals surface area contributed by atoms with Crippen LogP contribution in [0.4, 0.5) is 5.82 Å². The van der Waals surface area contributed by atoms with Gasteiger partial charge in [-0.05, 0) is 18.6 Å². The summed E-state index contributed by atoms with van der Waals surface area (Å²) in [7, 11) is 0. The van der Waals surface area contributed by atoms with Crippen molar-refractivity contribution in [3.05, 3.63) is 17.8 Å². The maximum Gasteiger partial charge on any atom is 0.271 e. The number of primary amides is 1. The predicted molar refractivity (Wildman–Crippen MR) is 67.0 cm³/mol. The lowest BCUT2D eigenvalue weighted by atomic mass is 10.3. The van der Waals surface area contributed by atoms with Crippen LogP contribution in [0.25, 0.3) is 0 Å². The van der Waals surface area contributed by atoms with E-state index >= 15 is 0 Å². The van der Waals surface area contributed by atoms with Crippen molar-refractivity contribution in [1.82, 2.24) is 15.5 Å². The minimum absolute atomic E-state index is 0.106. The topological polar surface area (TPSA) is 110 Å². The Morgan fingerprint density at radius 2 is 2.06 bits per heavy atom. The van der Waals surface area contributed by atoms with Gasteiger partial charge in [0.15, 0.2) is 5.69 Å². The molecule has 0 saturated heterocycles. The maximum absolute atomic E-state index is 11.6. The first kappa shape index (κ1) is 13.9. The van der Waals surface area contributed by atoms with Crippen molar-refractivity contribution in [1.29, 1.82) is 0 Å². The fourth-order valence-corrected chi connectivity index (χ4v) is 1.19. The van der Waals surface area contributed by atoms with Gasteiger partial charge in [0.05, 0.1) is 0 Å². The van der Waals surface area contributed by atoms with Gasteiger partial charge in [0, 0.05) is 19.5 Å². The van der Waals surface area contributed by atoms with E-state index in [1.54, 1.807) is 12.1 Å². The van der Waals surface area contributed by atoms with Crippen LogP contribution in [0.5, 0.6) is 0 Å². The van der Waals surface area contributed by atoms with Crippen LogP contribution in [0.15, 0.2) is 12.1 Å². The van der Waals surface area contributed by atoms with Gasteiger partial charge in [0.2, 0.25) is 5.91 Å². The van der Waals surface area contributed by atoms with E-state index < -0.39 is 5.91 Å². The van der Waals surface area contributed by atoms with Crippen molar-refractivity contribution in [2.75, 3.05) is 18.4 Å². The Bertz CT molecular complexity index is 404. The molecule has 1 rings (SSSR count). The molecule has 2 amide bonds. The molecule has 1 aromatic rings. The molecular weight excluding hydrogens is 234 g/mol. The lowest BCUT2D eigenvalue weighted by Gasteiger charge is -2.04. The Labute approximate surface area is 105 Å². The number of hydrogen-bond acceptors (Lipinski definition) is 5. The summed E-state index contributed by atoms with van der Waals surface area (Å²) >= 11 is 0. The van der Waals surface area contributed by atoms with Crippen molar-refractivity contribution < 1.29 is 9.59 Å². The van der Waals surface area contributed by atoms with Gasteiger partial charge < -0.3 is 16.4 Å². The van der Waals surface area contributed by atoms with Crippen LogP contribution in [-0.4, -0.2) is 35.1 Å². The molecule has 0 atom stereocenters. The molecule has 0 aromatic carbocycles. The SMILES string of the molecule is CCCNc1ccc(C(=O)NCCC(N)=O)nn1. The molecule has 1 aromatic heterocycles. The highest BCUT2D eigenvalue weighted by Crippen LogP contribution is 2.01. The molecule has 0 aliphatic heterocycles. The van der Waals surface area contributed by atoms with Gasteiger partial charge in [-0.2, -0.15) is 0 Å². The zero-order valence-electron chi connectivity index (χ0n) is 10.3. The zero-order valence-corrected chi connectivity index (χ0v) is 10.3. The molecule has 1 heterocycles. The number of nitrogens with zero attached hydrogens (tertiary/aromatic N) is 2.